The molecule has 0 spiro atoms. The molecule has 110 valence electrons. The number of hydrogen-bond donors (Lipinski definition) is 4. The third-order valence-electron chi connectivity index (χ3n) is 2.85. The molecule has 4 N–H and O–H groups in total. The van der Waals surface area contributed by atoms with Crippen molar-refractivity contribution in [1.29, 1.82) is 0 Å². The summed E-state index contributed by atoms with van der Waals surface area (Å²) in [6, 6.07) is -1.86. The summed E-state index contributed by atoms with van der Waals surface area (Å²) in [7, 11) is 0. The zero-order chi connectivity index (χ0) is 14.3. The van der Waals surface area contributed by atoms with Gasteiger partial charge in [0.05, 0.1) is 6.10 Å². The first-order chi connectivity index (χ1) is 9.00. The number of carbonyl (C=O) groups excluding carboxylic acids is 1. The van der Waals surface area contributed by atoms with Crippen LogP contribution in [0.3, 0.4) is 0 Å². The van der Waals surface area contributed by atoms with E-state index < -0.39 is 24.1 Å². The summed E-state index contributed by atoms with van der Waals surface area (Å²) >= 11 is 1.92. The Morgan fingerprint density at radius 2 is 2.00 bits per heavy atom. The molecule has 2 amide bonds. The number of rotatable bonds is 6. The van der Waals surface area contributed by atoms with Crippen LogP contribution in [-0.2, 0) is 4.79 Å². The number of carbonyl (C=O) groups is 2. The highest BCUT2D eigenvalue weighted by Crippen LogP contribution is 2.07. The van der Waals surface area contributed by atoms with Gasteiger partial charge in [0.1, 0.15) is 0 Å². The topological polar surface area (TPSA) is 102 Å². The molecule has 1 saturated heterocycles. The van der Waals surface area contributed by atoms with Crippen molar-refractivity contribution in [3.63, 3.8) is 0 Å². The number of aliphatic hydroxyl groups is 1. The number of carboxylic acids is 1. The van der Waals surface area contributed by atoms with Crippen LogP contribution in [0.15, 0.2) is 0 Å². The number of aliphatic hydroxyl groups excluding tert-OH is 1. The Morgan fingerprint density at radius 3 is 2.53 bits per heavy atom. The van der Waals surface area contributed by atoms with E-state index in [2.05, 4.69) is 15.5 Å². The van der Waals surface area contributed by atoms with Gasteiger partial charge < -0.3 is 20.8 Å². The van der Waals surface area contributed by atoms with E-state index in [9.17, 15) is 14.7 Å². The maximum atomic E-state index is 11.5. The van der Waals surface area contributed by atoms with Gasteiger partial charge in [0, 0.05) is 37.7 Å². The van der Waals surface area contributed by atoms with E-state index in [0.717, 1.165) is 31.1 Å². The van der Waals surface area contributed by atoms with Crippen LogP contribution in [0.25, 0.3) is 0 Å². The number of carboxylic acid groups (broad SMARTS) is 1. The van der Waals surface area contributed by atoms with E-state index in [-0.39, 0.29) is 0 Å². The van der Waals surface area contributed by atoms with Crippen LogP contribution in [0.2, 0.25) is 0 Å². The summed E-state index contributed by atoms with van der Waals surface area (Å²) in [4.78, 5) is 24.5. The molecule has 1 rings (SSSR count). The fraction of sp³-hybridized carbons (Fsp3) is 0.818. The number of hydrogen-bond acceptors (Lipinski definition) is 5. The summed E-state index contributed by atoms with van der Waals surface area (Å²) in [5.41, 5.74) is 0. The maximum Gasteiger partial charge on any atom is 0.328 e. The van der Waals surface area contributed by atoms with Gasteiger partial charge in [-0.15, -0.1) is 0 Å². The average Bonchev–Trinajstić information content (AvgIpc) is 2.36. The van der Waals surface area contributed by atoms with E-state index in [4.69, 9.17) is 5.11 Å². The highest BCUT2D eigenvalue weighted by Gasteiger charge is 2.24. The second-order valence-corrected chi connectivity index (χ2v) is 5.64. The Hall–Kier alpha value is -0.990. The van der Waals surface area contributed by atoms with E-state index in [0.29, 0.717) is 6.54 Å². The molecular weight excluding hydrogens is 270 g/mol. The Bertz CT molecular complexity index is 308. The minimum absolute atomic E-state index is 0.461. The second-order valence-electron chi connectivity index (χ2n) is 4.41. The van der Waals surface area contributed by atoms with Gasteiger partial charge >= 0.3 is 12.0 Å². The van der Waals surface area contributed by atoms with E-state index in [1.807, 2.05) is 11.8 Å². The molecular formula is C11H21N3O4S. The zero-order valence-electron chi connectivity index (χ0n) is 11.0. The maximum absolute atomic E-state index is 11.5. The summed E-state index contributed by atoms with van der Waals surface area (Å²) in [6.45, 7) is 4.56. The number of aliphatic carboxylic acids is 1. The molecule has 0 aromatic carbocycles. The molecule has 0 saturated carbocycles. The lowest BCUT2D eigenvalue weighted by Crippen LogP contribution is -2.52. The first-order valence-electron chi connectivity index (χ1n) is 6.26. The van der Waals surface area contributed by atoms with Crippen LogP contribution in [0.1, 0.15) is 6.92 Å². The number of urea groups is 1. The third-order valence-corrected chi connectivity index (χ3v) is 3.79. The zero-order valence-corrected chi connectivity index (χ0v) is 11.8. The Labute approximate surface area is 116 Å². The fourth-order valence-corrected chi connectivity index (χ4v) is 2.71. The molecule has 0 bridgehead atoms. The van der Waals surface area contributed by atoms with Crippen LogP contribution >= 0.6 is 11.8 Å². The smallest absolute Gasteiger partial charge is 0.328 e. The number of thioether (sulfide) groups is 1. The molecule has 1 aliphatic rings. The molecule has 1 aliphatic heterocycles. The lowest BCUT2D eigenvalue weighted by atomic mass is 10.2. The predicted octanol–water partition coefficient (Wildman–Crippen LogP) is -0.832. The van der Waals surface area contributed by atoms with E-state index in [1.165, 1.54) is 6.92 Å². The average molecular weight is 291 g/mol. The molecule has 0 radical (unpaired) electrons. The normalized spacial score (nSPS) is 19.5. The standard InChI is InChI=1S/C11H21N3O4S/c1-8(15)9(10(16)17)13-11(18)12-2-3-14-4-6-19-7-5-14/h8-9,15H,2-7H2,1H3,(H,16,17)(H2,12,13,18). The summed E-state index contributed by atoms with van der Waals surface area (Å²) in [6.07, 6.45) is -1.14. The molecule has 2 atom stereocenters. The summed E-state index contributed by atoms with van der Waals surface area (Å²) in [5.74, 6) is 0.961. The third kappa shape index (κ3) is 6.13. The van der Waals surface area contributed by atoms with Crippen molar-refractivity contribution < 1.29 is 19.8 Å². The fourth-order valence-electron chi connectivity index (χ4n) is 1.73. The SMILES string of the molecule is CC(O)C(NC(=O)NCCN1CCSCC1)C(=O)O. The van der Waals surface area contributed by atoms with Crippen molar-refractivity contribution in [1.82, 2.24) is 15.5 Å². The highest BCUT2D eigenvalue weighted by molar-refractivity contribution is 7.99. The first kappa shape index (κ1) is 16.1. The van der Waals surface area contributed by atoms with Gasteiger partial charge in [0.2, 0.25) is 0 Å². The highest BCUT2D eigenvalue weighted by atomic mass is 32.2. The lowest BCUT2D eigenvalue weighted by Gasteiger charge is -2.26. The van der Waals surface area contributed by atoms with Crippen molar-refractivity contribution in [2.75, 3.05) is 37.7 Å². The van der Waals surface area contributed by atoms with E-state index >= 15 is 0 Å². The molecule has 2 unspecified atom stereocenters. The number of nitrogens with zero attached hydrogens (tertiary/aromatic N) is 1. The largest absolute Gasteiger partial charge is 0.480 e. The van der Waals surface area contributed by atoms with Gasteiger partial charge in [-0.3, -0.25) is 4.90 Å². The van der Waals surface area contributed by atoms with Gasteiger partial charge in [0.15, 0.2) is 6.04 Å². The molecule has 19 heavy (non-hydrogen) atoms. The van der Waals surface area contributed by atoms with Crippen LogP contribution in [-0.4, -0.2) is 76.9 Å². The Morgan fingerprint density at radius 1 is 1.37 bits per heavy atom. The molecule has 1 heterocycles. The van der Waals surface area contributed by atoms with Gasteiger partial charge in [-0.05, 0) is 6.92 Å². The van der Waals surface area contributed by atoms with E-state index in [1.54, 1.807) is 0 Å². The number of nitrogens with one attached hydrogen (secondary N) is 2. The van der Waals surface area contributed by atoms with Crippen molar-refractivity contribution >= 4 is 23.8 Å². The summed E-state index contributed by atoms with van der Waals surface area (Å²) in [5, 5.41) is 22.9. The van der Waals surface area contributed by atoms with Crippen LogP contribution in [0.4, 0.5) is 4.79 Å². The molecule has 0 aromatic heterocycles. The molecule has 0 aromatic rings. The molecule has 7 nitrogen and oxygen atoms in total. The van der Waals surface area contributed by atoms with Gasteiger partial charge in [0.25, 0.3) is 0 Å². The van der Waals surface area contributed by atoms with Crippen molar-refractivity contribution in [3.8, 4) is 0 Å². The van der Waals surface area contributed by atoms with Crippen LogP contribution in [0.5, 0.6) is 0 Å². The van der Waals surface area contributed by atoms with Crippen molar-refractivity contribution in [2.45, 2.75) is 19.1 Å². The summed E-state index contributed by atoms with van der Waals surface area (Å²) < 4.78 is 0. The van der Waals surface area contributed by atoms with Crippen LogP contribution in [0, 0.1) is 0 Å². The monoisotopic (exact) mass is 291 g/mol. The first-order valence-corrected chi connectivity index (χ1v) is 7.41. The molecule has 8 heteroatoms. The van der Waals surface area contributed by atoms with Crippen molar-refractivity contribution in [2.24, 2.45) is 0 Å². The number of amides is 2. The minimum Gasteiger partial charge on any atom is -0.480 e. The Kier molecular flexibility index (Phi) is 6.96. The Balaban J connectivity index is 2.21. The van der Waals surface area contributed by atoms with Crippen LogP contribution < -0.4 is 10.6 Å². The van der Waals surface area contributed by atoms with Gasteiger partial charge in [-0.25, -0.2) is 9.59 Å². The van der Waals surface area contributed by atoms with Gasteiger partial charge in [-0.2, -0.15) is 11.8 Å². The second kappa shape index (κ2) is 8.23. The van der Waals surface area contributed by atoms with Crippen molar-refractivity contribution in [3.05, 3.63) is 0 Å². The lowest BCUT2D eigenvalue weighted by molar-refractivity contribution is -0.141. The predicted molar refractivity (Wildman–Crippen MR) is 73.4 cm³/mol. The molecule has 1 fully saturated rings. The molecule has 0 aliphatic carbocycles. The van der Waals surface area contributed by atoms with Gasteiger partial charge in [-0.1, -0.05) is 0 Å². The minimum atomic E-state index is -1.29. The quantitative estimate of drug-likeness (QED) is 0.509.